The van der Waals surface area contributed by atoms with Crippen LogP contribution in [0.2, 0.25) is 0 Å². The number of nitrogens with zero attached hydrogens (tertiary/aromatic N) is 10. The van der Waals surface area contributed by atoms with Crippen LogP contribution in [0.25, 0.3) is 11.4 Å². The Morgan fingerprint density at radius 1 is 0.633 bits per heavy atom. The third-order valence-corrected chi connectivity index (χ3v) is 14.6. The normalized spacial score (nSPS) is 16.0. The number of phenolic OH excluding ortho intramolecular Hbond substituents is 1. The molecule has 2 aliphatic rings. The second-order valence-corrected chi connectivity index (χ2v) is 20.3. The van der Waals surface area contributed by atoms with Crippen molar-refractivity contribution in [2.45, 2.75) is 59.7 Å². The van der Waals surface area contributed by atoms with Crippen molar-refractivity contribution >= 4 is 51.9 Å². The number of anilines is 4. The lowest BCUT2D eigenvalue weighted by molar-refractivity contribution is -0.877. The van der Waals surface area contributed by atoms with Crippen molar-refractivity contribution in [2.24, 2.45) is 20.5 Å². The van der Waals surface area contributed by atoms with Gasteiger partial charge in [-0.3, -0.25) is 14.5 Å². The number of quaternary nitrogens is 2. The Kier molecular flexibility index (Phi) is 17.4. The minimum Gasteiger partial charge on any atom is -0.505 e. The molecule has 0 fully saturated rings. The molecule has 0 spiro atoms. The van der Waals surface area contributed by atoms with Crippen LogP contribution in [0.3, 0.4) is 0 Å². The molecule has 0 saturated carbocycles. The quantitative estimate of drug-likeness (QED) is 0.0356. The maximum atomic E-state index is 13.5. The molecular weight excluding hydrogens is 989 g/mol. The van der Waals surface area contributed by atoms with Gasteiger partial charge in [0.2, 0.25) is 0 Å². The standard InChI is InChI=1S/C62H70N14O3/c1-9-53-28-13-44(3)75(53)55-30-23-49(24-31-55)63-48-19-21-51(22-20-48)65-67-61-71(7)39-41-73(61)37-11-35-69(5)59(78)46-15-17-47(18-16-46)60(79)70(6)36-12-38-74-42-40-72(8)62(74)68-66-57-34-27-52(43-58(57)77)64-50-25-32-56(33-26-50)76-45(4)14-29-54(76)10-2/h13-34,39-43,61H,9-12,35-38H2,1-8H3,(H2,63,64,67,77)/p+3. The third kappa shape index (κ3) is 13.1. The van der Waals surface area contributed by atoms with E-state index in [1.54, 1.807) is 60.3 Å². The maximum absolute atomic E-state index is 13.5. The van der Waals surface area contributed by atoms with Gasteiger partial charge in [0, 0.05) is 121 Å². The number of azo groups is 2. The summed E-state index contributed by atoms with van der Waals surface area (Å²) in [6.07, 6.45) is 11.2. The molecule has 0 radical (unpaired) electrons. The highest BCUT2D eigenvalue weighted by atomic mass is 16.3. The summed E-state index contributed by atoms with van der Waals surface area (Å²) in [5.74, 6) is 0.459. The van der Waals surface area contributed by atoms with Gasteiger partial charge in [0.25, 0.3) is 18.1 Å². The van der Waals surface area contributed by atoms with Crippen LogP contribution in [0.5, 0.6) is 5.75 Å². The topological polar surface area (TPSA) is 159 Å². The number of carbonyl (C=O) groups is 2. The average molecular weight is 1060 g/mol. The fourth-order valence-electron chi connectivity index (χ4n) is 10.1. The lowest BCUT2D eigenvalue weighted by Crippen LogP contribution is -3.11. The first kappa shape index (κ1) is 54.8. The van der Waals surface area contributed by atoms with E-state index in [2.05, 4.69) is 130 Å². The number of benzene rings is 5. The number of aryl methyl sites for hydroxylation is 4. The van der Waals surface area contributed by atoms with Gasteiger partial charge in [-0.1, -0.05) is 13.8 Å². The summed E-state index contributed by atoms with van der Waals surface area (Å²) in [6, 6.07) is 45.4. The number of nitrogens with one attached hydrogen (secondary N) is 4. The number of aromatic hydroxyl groups is 1. The largest absolute Gasteiger partial charge is 0.524 e. The number of aromatic nitrogens is 2. The number of rotatable bonds is 21. The highest BCUT2D eigenvalue weighted by molar-refractivity contribution is 5.97. The predicted octanol–water partition coefficient (Wildman–Crippen LogP) is 9.65. The summed E-state index contributed by atoms with van der Waals surface area (Å²) in [5.41, 5.74) is 13.0. The molecule has 0 bridgehead atoms. The first-order chi connectivity index (χ1) is 38.3. The molecule has 5 aromatic carbocycles. The molecule has 5 N–H and O–H groups in total. The van der Waals surface area contributed by atoms with E-state index in [1.807, 2.05) is 84.6 Å². The monoisotopic (exact) mass is 1060 g/mol. The third-order valence-electron chi connectivity index (χ3n) is 14.6. The van der Waals surface area contributed by atoms with Crippen molar-refractivity contribution in [2.75, 3.05) is 65.0 Å². The Morgan fingerprint density at radius 3 is 1.67 bits per heavy atom. The van der Waals surface area contributed by atoms with Gasteiger partial charge in [0.15, 0.2) is 5.69 Å². The van der Waals surface area contributed by atoms with E-state index in [4.69, 9.17) is 5.11 Å². The van der Waals surface area contributed by atoms with Crippen LogP contribution in [0, 0.1) is 13.8 Å². The molecule has 17 heteroatoms. The summed E-state index contributed by atoms with van der Waals surface area (Å²) in [6.45, 7) is 11.1. The second-order valence-electron chi connectivity index (χ2n) is 20.3. The SMILES string of the molecule is CCc1ccc(C)n1-c1ccc(Nc2ccc(N=NC3N(C)C=C[NH+]3CCCN(C)C(=O)c3ccc(C(=O)N(C)CCC[NH+]4C=C[N+](C)=C4N=Nc4ccc(Nc5ccc(-n6c(C)ccc6CC)cc5)cc4O)cc3)cc2)cc1. The zero-order valence-electron chi connectivity index (χ0n) is 46.6. The lowest BCUT2D eigenvalue weighted by atomic mass is 10.1. The van der Waals surface area contributed by atoms with Crippen LogP contribution >= 0.6 is 0 Å². The molecule has 3 atom stereocenters. The molecule has 7 aromatic rings. The number of phenols is 1. The van der Waals surface area contributed by atoms with Crippen LogP contribution in [0.4, 0.5) is 34.1 Å². The molecule has 2 amide bonds. The van der Waals surface area contributed by atoms with Crippen molar-refractivity contribution in [1.29, 1.82) is 0 Å². The van der Waals surface area contributed by atoms with Crippen molar-refractivity contribution < 1.29 is 29.1 Å². The van der Waals surface area contributed by atoms with Gasteiger partial charge < -0.3 is 39.6 Å². The van der Waals surface area contributed by atoms with Crippen molar-refractivity contribution in [3.63, 3.8) is 0 Å². The van der Waals surface area contributed by atoms with Crippen LogP contribution < -0.4 is 20.4 Å². The van der Waals surface area contributed by atoms with Gasteiger partial charge in [-0.2, -0.15) is 9.48 Å². The van der Waals surface area contributed by atoms with Crippen LogP contribution in [-0.2, 0) is 12.8 Å². The molecular formula is C62H73N14O3+3. The summed E-state index contributed by atoms with van der Waals surface area (Å²) in [5, 5.41) is 36.0. The van der Waals surface area contributed by atoms with E-state index in [-0.39, 0.29) is 23.9 Å². The Hall–Kier alpha value is -8.93. The van der Waals surface area contributed by atoms with Crippen LogP contribution in [0.1, 0.15) is 70.2 Å². The molecule has 17 nitrogen and oxygen atoms in total. The number of carbonyl (C=O) groups excluding carboxylic acids is 2. The van der Waals surface area contributed by atoms with Gasteiger partial charge in [-0.15, -0.1) is 10.2 Å². The summed E-state index contributed by atoms with van der Waals surface area (Å²) >= 11 is 0. The number of amides is 2. The summed E-state index contributed by atoms with van der Waals surface area (Å²) in [7, 11) is 7.49. The Balaban J connectivity index is 0.691. The zero-order valence-corrected chi connectivity index (χ0v) is 46.6. The van der Waals surface area contributed by atoms with Gasteiger partial charge >= 0.3 is 5.96 Å². The molecule has 3 unspecified atom stereocenters. The van der Waals surface area contributed by atoms with Crippen molar-refractivity contribution in [1.82, 2.24) is 23.8 Å². The van der Waals surface area contributed by atoms with Gasteiger partial charge in [0.05, 0.1) is 32.0 Å². The van der Waals surface area contributed by atoms with Gasteiger partial charge in [-0.05, 0) is 165 Å². The van der Waals surface area contributed by atoms with E-state index >= 15 is 0 Å². The smallest absolute Gasteiger partial charge is 0.505 e. The molecule has 79 heavy (non-hydrogen) atoms. The minimum absolute atomic E-state index is 0.00972. The van der Waals surface area contributed by atoms with Crippen LogP contribution in [0.15, 0.2) is 185 Å². The first-order valence-electron chi connectivity index (χ1n) is 27.1. The number of guanidine groups is 1. The molecule has 0 saturated heterocycles. The van der Waals surface area contributed by atoms with E-state index in [9.17, 15) is 14.7 Å². The van der Waals surface area contributed by atoms with Crippen molar-refractivity contribution in [3.05, 3.63) is 198 Å². The molecule has 2 aliphatic heterocycles. The van der Waals surface area contributed by atoms with Crippen molar-refractivity contribution in [3.8, 4) is 17.1 Å². The lowest BCUT2D eigenvalue weighted by Gasteiger charge is -2.22. The molecule has 4 heterocycles. The maximum Gasteiger partial charge on any atom is 0.524 e. The Bertz CT molecular complexity index is 3410. The molecule has 9 rings (SSSR count). The summed E-state index contributed by atoms with van der Waals surface area (Å²) < 4.78 is 6.45. The van der Waals surface area contributed by atoms with E-state index in [0.717, 1.165) is 75.4 Å². The Labute approximate surface area is 463 Å². The molecule has 0 aliphatic carbocycles. The highest BCUT2D eigenvalue weighted by Crippen LogP contribution is 2.32. The fraction of sp³-hybridized carbons (Fsp3) is 0.274. The zero-order chi connectivity index (χ0) is 55.6. The minimum atomic E-state index is -0.217. The fourth-order valence-corrected chi connectivity index (χ4v) is 10.1. The van der Waals surface area contributed by atoms with Crippen LogP contribution in [-0.4, -0.2) is 112 Å². The average Bonchev–Trinajstić information content (AvgIpc) is 4.24. The molecule has 406 valence electrons. The van der Waals surface area contributed by atoms with E-state index in [0.29, 0.717) is 48.8 Å². The number of hydrogen-bond donors (Lipinski definition) is 5. The number of hydrogen-bond acceptors (Lipinski definition) is 10. The summed E-state index contributed by atoms with van der Waals surface area (Å²) in [4.78, 5) is 34.6. The van der Waals surface area contributed by atoms with Gasteiger partial charge in [0.1, 0.15) is 29.5 Å². The Morgan fingerprint density at radius 2 is 1.14 bits per heavy atom. The predicted molar refractivity (Wildman–Crippen MR) is 312 cm³/mol. The first-order valence-corrected chi connectivity index (χ1v) is 27.1. The van der Waals surface area contributed by atoms with Gasteiger partial charge in [-0.25, -0.2) is 0 Å². The highest BCUT2D eigenvalue weighted by Gasteiger charge is 2.31. The van der Waals surface area contributed by atoms with E-state index in [1.165, 1.54) is 22.8 Å². The van der Waals surface area contributed by atoms with E-state index < -0.39 is 0 Å². The molecule has 2 aromatic heterocycles. The second kappa shape index (κ2) is 25.0.